The van der Waals surface area contributed by atoms with Gasteiger partial charge in [-0.15, -0.1) is 0 Å². The normalized spacial score (nSPS) is 11.2. The zero-order valence-electron chi connectivity index (χ0n) is 13.4. The first-order chi connectivity index (χ1) is 11.1. The number of halogens is 1. The first-order valence-corrected chi connectivity index (χ1v) is 8.85. The van der Waals surface area contributed by atoms with Crippen LogP contribution in [-0.2, 0) is 10.0 Å². The Morgan fingerprint density at radius 1 is 1.21 bits per heavy atom. The molecule has 0 aliphatic rings. The molecule has 3 N–H and O–H groups in total. The molecule has 128 valence electrons. The third kappa shape index (κ3) is 3.87. The number of ether oxygens (including phenoxy) is 1. The van der Waals surface area contributed by atoms with Crippen LogP contribution in [0.15, 0.2) is 35.2 Å². The summed E-state index contributed by atoms with van der Waals surface area (Å²) in [6, 6.07) is 7.44. The summed E-state index contributed by atoms with van der Waals surface area (Å²) in [7, 11) is -2.44. The SMILES string of the molecule is COc1ccc(Cl)cc1C(=O)Nc1cc(S(N)(=O)=O)cc(C)c1C. The first-order valence-electron chi connectivity index (χ1n) is 6.92. The predicted octanol–water partition coefficient (Wildman–Crippen LogP) is 2.87. The van der Waals surface area contributed by atoms with Crippen molar-refractivity contribution in [2.45, 2.75) is 18.7 Å². The van der Waals surface area contributed by atoms with E-state index < -0.39 is 15.9 Å². The number of hydrogen-bond acceptors (Lipinski definition) is 4. The average molecular weight is 369 g/mol. The molecular weight excluding hydrogens is 352 g/mol. The highest BCUT2D eigenvalue weighted by Crippen LogP contribution is 2.27. The molecule has 0 aliphatic carbocycles. The van der Waals surface area contributed by atoms with Crippen LogP contribution in [0.3, 0.4) is 0 Å². The minimum Gasteiger partial charge on any atom is -0.496 e. The van der Waals surface area contributed by atoms with Gasteiger partial charge in [-0.05, 0) is 55.3 Å². The Kier molecular flexibility index (Phi) is 5.17. The van der Waals surface area contributed by atoms with Crippen molar-refractivity contribution in [1.82, 2.24) is 0 Å². The Bertz CT molecular complexity index is 911. The second-order valence-corrected chi connectivity index (χ2v) is 7.25. The highest BCUT2D eigenvalue weighted by molar-refractivity contribution is 7.89. The molecule has 2 aromatic carbocycles. The van der Waals surface area contributed by atoms with Gasteiger partial charge in [0.2, 0.25) is 10.0 Å². The zero-order valence-corrected chi connectivity index (χ0v) is 15.0. The molecular formula is C16H17ClN2O4S. The zero-order chi connectivity index (χ0) is 18.1. The maximum Gasteiger partial charge on any atom is 0.259 e. The third-order valence-electron chi connectivity index (χ3n) is 3.62. The predicted molar refractivity (Wildman–Crippen MR) is 93.2 cm³/mol. The quantitative estimate of drug-likeness (QED) is 0.866. The van der Waals surface area contributed by atoms with Crippen molar-refractivity contribution in [3.05, 3.63) is 52.0 Å². The lowest BCUT2D eigenvalue weighted by atomic mass is 10.1. The molecule has 0 radical (unpaired) electrons. The van der Waals surface area contributed by atoms with Gasteiger partial charge in [0.1, 0.15) is 5.75 Å². The fourth-order valence-corrected chi connectivity index (χ4v) is 2.96. The molecule has 24 heavy (non-hydrogen) atoms. The van der Waals surface area contributed by atoms with Gasteiger partial charge in [-0.2, -0.15) is 0 Å². The van der Waals surface area contributed by atoms with Crippen molar-refractivity contribution in [3.8, 4) is 5.75 Å². The third-order valence-corrected chi connectivity index (χ3v) is 4.75. The largest absolute Gasteiger partial charge is 0.496 e. The van der Waals surface area contributed by atoms with E-state index in [1.54, 1.807) is 26.0 Å². The van der Waals surface area contributed by atoms with Crippen molar-refractivity contribution >= 4 is 33.2 Å². The molecule has 0 aromatic heterocycles. The minimum absolute atomic E-state index is 0.0704. The number of nitrogens with one attached hydrogen (secondary N) is 1. The minimum atomic E-state index is -3.88. The number of rotatable bonds is 4. The number of amides is 1. The number of primary sulfonamides is 1. The molecule has 2 rings (SSSR count). The second-order valence-electron chi connectivity index (χ2n) is 5.26. The fraction of sp³-hybridized carbons (Fsp3) is 0.188. The summed E-state index contributed by atoms with van der Waals surface area (Å²) in [5, 5.41) is 8.24. The molecule has 6 nitrogen and oxygen atoms in total. The maximum absolute atomic E-state index is 12.5. The Balaban J connectivity index is 2.46. The summed E-state index contributed by atoms with van der Waals surface area (Å²) in [5.74, 6) is -0.114. The van der Waals surface area contributed by atoms with Crippen LogP contribution in [0.25, 0.3) is 0 Å². The molecule has 0 aliphatic heterocycles. The Morgan fingerprint density at radius 3 is 2.46 bits per heavy atom. The number of nitrogens with two attached hydrogens (primary N) is 1. The molecule has 0 atom stereocenters. The number of carbonyl (C=O) groups is 1. The first kappa shape index (κ1) is 18.3. The second kappa shape index (κ2) is 6.80. The van der Waals surface area contributed by atoms with Crippen molar-refractivity contribution in [3.63, 3.8) is 0 Å². The van der Waals surface area contributed by atoms with Gasteiger partial charge >= 0.3 is 0 Å². The number of hydrogen-bond donors (Lipinski definition) is 2. The van der Waals surface area contributed by atoms with E-state index >= 15 is 0 Å². The molecule has 0 heterocycles. The van der Waals surface area contributed by atoms with Crippen LogP contribution in [0.2, 0.25) is 5.02 Å². The van der Waals surface area contributed by atoms with E-state index in [0.29, 0.717) is 22.0 Å². The van der Waals surface area contributed by atoms with Gasteiger partial charge in [0.15, 0.2) is 0 Å². The fourth-order valence-electron chi connectivity index (χ4n) is 2.17. The number of aryl methyl sites for hydroxylation is 1. The Labute approximate surface area is 145 Å². The average Bonchev–Trinajstić information content (AvgIpc) is 2.50. The lowest BCUT2D eigenvalue weighted by Gasteiger charge is -2.14. The van der Waals surface area contributed by atoms with Crippen LogP contribution in [0.5, 0.6) is 5.75 Å². The van der Waals surface area contributed by atoms with Crippen LogP contribution in [0.4, 0.5) is 5.69 Å². The van der Waals surface area contributed by atoms with Gasteiger partial charge in [0.05, 0.1) is 17.6 Å². The Hall–Kier alpha value is -2.09. The van der Waals surface area contributed by atoms with Crippen molar-refractivity contribution in [2.24, 2.45) is 5.14 Å². The monoisotopic (exact) mass is 368 g/mol. The van der Waals surface area contributed by atoms with Crippen LogP contribution < -0.4 is 15.2 Å². The number of sulfonamides is 1. The summed E-state index contributed by atoms with van der Waals surface area (Å²) >= 11 is 5.93. The van der Waals surface area contributed by atoms with E-state index in [1.807, 2.05) is 0 Å². The van der Waals surface area contributed by atoms with Gasteiger partial charge in [-0.3, -0.25) is 4.79 Å². The van der Waals surface area contributed by atoms with Crippen molar-refractivity contribution in [1.29, 1.82) is 0 Å². The summed E-state index contributed by atoms with van der Waals surface area (Å²) in [5.41, 5.74) is 2.01. The summed E-state index contributed by atoms with van der Waals surface area (Å²) in [6.45, 7) is 3.51. The molecule has 0 saturated heterocycles. The van der Waals surface area contributed by atoms with E-state index in [1.165, 1.54) is 25.3 Å². The lowest BCUT2D eigenvalue weighted by molar-refractivity contribution is 0.102. The number of anilines is 1. The maximum atomic E-state index is 12.5. The van der Waals surface area contributed by atoms with Crippen molar-refractivity contribution in [2.75, 3.05) is 12.4 Å². The van der Waals surface area contributed by atoms with Gasteiger partial charge in [0, 0.05) is 10.7 Å². The summed E-state index contributed by atoms with van der Waals surface area (Å²) in [6.07, 6.45) is 0. The molecule has 0 spiro atoms. The molecule has 1 amide bonds. The Morgan fingerprint density at radius 2 is 1.88 bits per heavy atom. The highest BCUT2D eigenvalue weighted by Gasteiger charge is 2.17. The summed E-state index contributed by atoms with van der Waals surface area (Å²) < 4.78 is 28.3. The van der Waals surface area contributed by atoms with Gasteiger partial charge in [-0.25, -0.2) is 13.6 Å². The van der Waals surface area contributed by atoms with Crippen molar-refractivity contribution < 1.29 is 17.9 Å². The topological polar surface area (TPSA) is 98.5 Å². The smallest absolute Gasteiger partial charge is 0.259 e. The van der Waals surface area contributed by atoms with Gasteiger partial charge in [-0.1, -0.05) is 11.6 Å². The van der Waals surface area contributed by atoms with Crippen LogP contribution in [0.1, 0.15) is 21.5 Å². The van der Waals surface area contributed by atoms with E-state index in [4.69, 9.17) is 21.5 Å². The van der Waals surface area contributed by atoms with Gasteiger partial charge in [0.25, 0.3) is 5.91 Å². The van der Waals surface area contributed by atoms with Gasteiger partial charge < -0.3 is 10.1 Å². The number of carbonyl (C=O) groups excluding carboxylic acids is 1. The van der Waals surface area contributed by atoms with Crippen LogP contribution in [-0.4, -0.2) is 21.4 Å². The lowest BCUT2D eigenvalue weighted by Crippen LogP contribution is -2.17. The molecule has 8 heteroatoms. The van der Waals surface area contributed by atoms with E-state index in [-0.39, 0.29) is 10.5 Å². The highest BCUT2D eigenvalue weighted by atomic mass is 35.5. The molecule has 0 saturated carbocycles. The van der Waals surface area contributed by atoms with E-state index in [9.17, 15) is 13.2 Å². The number of methoxy groups -OCH3 is 1. The molecule has 0 bridgehead atoms. The molecule has 2 aromatic rings. The van der Waals surface area contributed by atoms with Crippen LogP contribution in [0, 0.1) is 13.8 Å². The standard InChI is InChI=1S/C16H17ClN2O4S/c1-9-6-12(24(18,21)22)8-14(10(9)2)19-16(20)13-7-11(17)4-5-15(13)23-3/h4-8H,1-3H3,(H,19,20)(H2,18,21,22). The number of benzene rings is 2. The summed E-state index contributed by atoms with van der Waals surface area (Å²) in [4.78, 5) is 12.5. The van der Waals surface area contributed by atoms with Crippen LogP contribution >= 0.6 is 11.6 Å². The molecule has 0 unspecified atom stereocenters. The van der Waals surface area contributed by atoms with E-state index in [0.717, 1.165) is 5.56 Å². The molecule has 0 fully saturated rings. The van der Waals surface area contributed by atoms with E-state index in [2.05, 4.69) is 5.32 Å².